The lowest BCUT2D eigenvalue weighted by Crippen LogP contribution is -2.35. The Balaban J connectivity index is 1.93. The minimum absolute atomic E-state index is 0.449. The second-order valence-corrected chi connectivity index (χ2v) is 7.42. The van der Waals surface area contributed by atoms with Crippen LogP contribution in [0.5, 0.6) is 11.5 Å². The lowest BCUT2D eigenvalue weighted by atomic mass is 9.86. The summed E-state index contributed by atoms with van der Waals surface area (Å²) in [7, 11) is 3.36. The molecule has 0 radical (unpaired) electrons. The molecule has 1 unspecified atom stereocenters. The van der Waals surface area contributed by atoms with Crippen molar-refractivity contribution in [1.29, 1.82) is 0 Å². The van der Waals surface area contributed by atoms with Gasteiger partial charge in [0.05, 0.1) is 20.3 Å². The van der Waals surface area contributed by atoms with Crippen molar-refractivity contribution in [2.24, 2.45) is 0 Å². The van der Waals surface area contributed by atoms with Crippen LogP contribution in [0, 0.1) is 0 Å². The third-order valence-electron chi connectivity index (χ3n) is 5.76. The minimum atomic E-state index is -0.449. The summed E-state index contributed by atoms with van der Waals surface area (Å²) in [5, 5.41) is 12.1. The lowest BCUT2D eigenvalue weighted by Gasteiger charge is -2.33. The van der Waals surface area contributed by atoms with Gasteiger partial charge in [0, 0.05) is 12.6 Å². The maximum Gasteiger partial charge on any atom is 0.161 e. The number of methoxy groups -OCH3 is 2. The smallest absolute Gasteiger partial charge is 0.161 e. The van der Waals surface area contributed by atoms with Crippen molar-refractivity contribution >= 4 is 16.8 Å². The highest BCUT2D eigenvalue weighted by Gasteiger charge is 2.32. The molecule has 1 saturated heterocycles. The molecule has 0 saturated carbocycles. The molecule has 2 atom stereocenters. The fraction of sp³-hybridized carbons (Fsp3) is 0.455. The van der Waals surface area contributed by atoms with Crippen LogP contribution in [0.25, 0.3) is 16.8 Å². The first-order valence-corrected chi connectivity index (χ1v) is 9.41. The number of hydrogen-bond acceptors (Lipinski definition) is 4. The largest absolute Gasteiger partial charge is 0.493 e. The SMILES string of the molecule is COc1cc2cc(/C=C\[C@H](C)O)c3c(c2cc1OC)CC1CCCN1C3. The van der Waals surface area contributed by atoms with Crippen molar-refractivity contribution in [3.8, 4) is 11.5 Å². The van der Waals surface area contributed by atoms with Crippen molar-refractivity contribution < 1.29 is 14.6 Å². The number of benzene rings is 2. The average molecular weight is 353 g/mol. The summed E-state index contributed by atoms with van der Waals surface area (Å²) < 4.78 is 11.1. The van der Waals surface area contributed by atoms with Crippen LogP contribution in [0.1, 0.15) is 36.5 Å². The van der Waals surface area contributed by atoms with E-state index in [1.54, 1.807) is 21.1 Å². The molecule has 2 aromatic rings. The van der Waals surface area contributed by atoms with E-state index in [1.165, 1.54) is 41.5 Å². The Morgan fingerprint density at radius 1 is 1.15 bits per heavy atom. The fourth-order valence-electron chi connectivity index (χ4n) is 4.45. The molecule has 138 valence electrons. The summed E-state index contributed by atoms with van der Waals surface area (Å²) in [5.41, 5.74) is 4.02. The Morgan fingerprint density at radius 3 is 2.65 bits per heavy atom. The van der Waals surface area contributed by atoms with Crippen LogP contribution in [0.15, 0.2) is 24.3 Å². The molecule has 0 aromatic heterocycles. The van der Waals surface area contributed by atoms with Gasteiger partial charge in [0.2, 0.25) is 0 Å². The first-order chi connectivity index (χ1) is 12.6. The Kier molecular flexibility index (Phi) is 4.63. The maximum atomic E-state index is 9.70. The molecular weight excluding hydrogens is 326 g/mol. The zero-order chi connectivity index (χ0) is 18.3. The highest BCUT2D eigenvalue weighted by Crippen LogP contribution is 2.40. The van der Waals surface area contributed by atoms with E-state index in [1.807, 2.05) is 6.08 Å². The maximum absolute atomic E-state index is 9.70. The average Bonchev–Trinajstić information content (AvgIpc) is 3.10. The summed E-state index contributed by atoms with van der Waals surface area (Å²) in [6.45, 7) is 3.96. The predicted molar refractivity (Wildman–Crippen MR) is 105 cm³/mol. The molecule has 0 aliphatic carbocycles. The van der Waals surface area contributed by atoms with Gasteiger partial charge in [-0.2, -0.15) is 0 Å². The van der Waals surface area contributed by atoms with Gasteiger partial charge in [0.1, 0.15) is 0 Å². The lowest BCUT2D eigenvalue weighted by molar-refractivity contribution is 0.228. The molecular formula is C22H27NO3. The van der Waals surface area contributed by atoms with Crippen LogP contribution in [-0.4, -0.2) is 42.9 Å². The Morgan fingerprint density at radius 2 is 1.92 bits per heavy atom. The van der Waals surface area contributed by atoms with E-state index in [9.17, 15) is 5.11 Å². The third kappa shape index (κ3) is 2.97. The number of hydrogen-bond donors (Lipinski definition) is 1. The highest BCUT2D eigenvalue weighted by atomic mass is 16.5. The Bertz CT molecular complexity index is 856. The van der Waals surface area contributed by atoms with Crippen molar-refractivity contribution in [2.75, 3.05) is 20.8 Å². The van der Waals surface area contributed by atoms with Gasteiger partial charge in [-0.05, 0) is 78.4 Å². The number of ether oxygens (including phenoxy) is 2. The van der Waals surface area contributed by atoms with Gasteiger partial charge in [0.15, 0.2) is 11.5 Å². The molecule has 0 amide bonds. The second-order valence-electron chi connectivity index (χ2n) is 7.42. The van der Waals surface area contributed by atoms with Crippen LogP contribution >= 0.6 is 0 Å². The van der Waals surface area contributed by atoms with Crippen LogP contribution in [0.2, 0.25) is 0 Å². The van der Waals surface area contributed by atoms with Gasteiger partial charge in [-0.3, -0.25) is 4.90 Å². The van der Waals surface area contributed by atoms with Crippen molar-refractivity contribution in [1.82, 2.24) is 4.90 Å². The monoisotopic (exact) mass is 353 g/mol. The highest BCUT2D eigenvalue weighted by molar-refractivity contribution is 5.92. The summed E-state index contributed by atoms with van der Waals surface area (Å²) >= 11 is 0. The van der Waals surface area contributed by atoms with Crippen LogP contribution in [0.3, 0.4) is 0 Å². The minimum Gasteiger partial charge on any atom is -0.493 e. The van der Waals surface area contributed by atoms with Gasteiger partial charge >= 0.3 is 0 Å². The molecule has 4 nitrogen and oxygen atoms in total. The number of nitrogens with zero attached hydrogens (tertiary/aromatic N) is 1. The van der Waals surface area contributed by atoms with Crippen molar-refractivity contribution in [2.45, 2.75) is 44.9 Å². The summed E-state index contributed by atoms with van der Waals surface area (Å²) in [6.07, 6.45) is 7.12. The molecule has 1 N–H and O–H groups in total. The fourth-order valence-corrected chi connectivity index (χ4v) is 4.45. The Hall–Kier alpha value is -2.04. The summed E-state index contributed by atoms with van der Waals surface area (Å²) in [4.78, 5) is 2.61. The molecule has 26 heavy (non-hydrogen) atoms. The van der Waals surface area contributed by atoms with Gasteiger partial charge < -0.3 is 14.6 Å². The van der Waals surface area contributed by atoms with Crippen molar-refractivity contribution in [3.05, 3.63) is 41.0 Å². The number of aliphatic hydroxyl groups excluding tert-OH is 1. The first-order valence-electron chi connectivity index (χ1n) is 9.41. The molecule has 2 aliphatic heterocycles. The van der Waals surface area contributed by atoms with E-state index in [4.69, 9.17) is 9.47 Å². The molecule has 2 aliphatic rings. The molecule has 4 heteroatoms. The van der Waals surface area contributed by atoms with E-state index in [2.05, 4.69) is 29.2 Å². The zero-order valence-corrected chi connectivity index (χ0v) is 15.8. The van der Waals surface area contributed by atoms with Crippen LogP contribution in [-0.2, 0) is 13.0 Å². The zero-order valence-electron chi connectivity index (χ0n) is 15.8. The first kappa shape index (κ1) is 17.4. The van der Waals surface area contributed by atoms with Crippen LogP contribution < -0.4 is 9.47 Å². The second kappa shape index (κ2) is 6.93. The molecule has 0 bridgehead atoms. The normalized spacial score (nSPS) is 21.0. The van der Waals surface area contributed by atoms with Gasteiger partial charge in [-0.1, -0.05) is 12.2 Å². The van der Waals surface area contributed by atoms with E-state index < -0.39 is 6.10 Å². The molecule has 2 heterocycles. The van der Waals surface area contributed by atoms with E-state index >= 15 is 0 Å². The third-order valence-corrected chi connectivity index (χ3v) is 5.76. The van der Waals surface area contributed by atoms with E-state index in [0.29, 0.717) is 6.04 Å². The standard InChI is InChI=1S/C22H27NO3/c1-14(24)6-7-15-9-16-10-21(25-2)22(26-3)12-18(16)19-11-17-5-4-8-23(17)13-20(15)19/h6-7,9-10,12,14,17,24H,4-5,8,11,13H2,1-3H3/b7-6-/t14-,17?/m0/s1. The van der Waals surface area contributed by atoms with Crippen molar-refractivity contribution in [3.63, 3.8) is 0 Å². The summed E-state index contributed by atoms with van der Waals surface area (Å²) in [5.74, 6) is 1.53. The number of rotatable bonds is 4. The van der Waals surface area contributed by atoms with Gasteiger partial charge in [-0.15, -0.1) is 0 Å². The molecule has 4 rings (SSSR count). The van der Waals surface area contributed by atoms with E-state index in [-0.39, 0.29) is 0 Å². The van der Waals surface area contributed by atoms with Crippen LogP contribution in [0.4, 0.5) is 0 Å². The van der Waals surface area contributed by atoms with Gasteiger partial charge in [-0.25, -0.2) is 0 Å². The predicted octanol–water partition coefficient (Wildman–Crippen LogP) is 3.77. The summed E-state index contributed by atoms with van der Waals surface area (Å²) in [6, 6.07) is 7.05. The number of aliphatic hydroxyl groups is 1. The molecule has 2 aromatic carbocycles. The topological polar surface area (TPSA) is 41.9 Å². The molecule has 0 spiro atoms. The molecule has 1 fully saturated rings. The number of fused-ring (bicyclic) bond motifs is 4. The quantitative estimate of drug-likeness (QED) is 0.908. The van der Waals surface area contributed by atoms with Gasteiger partial charge in [0.25, 0.3) is 0 Å². The Labute approximate surface area is 155 Å². The van der Waals surface area contributed by atoms with E-state index in [0.717, 1.165) is 29.9 Å².